The number of carboxylic acids is 1. The van der Waals surface area contributed by atoms with Gasteiger partial charge in [-0.25, -0.2) is 4.79 Å². The van der Waals surface area contributed by atoms with Crippen LogP contribution in [0.3, 0.4) is 0 Å². The highest BCUT2D eigenvalue weighted by molar-refractivity contribution is 5.82. The fourth-order valence-corrected chi connectivity index (χ4v) is 1.74. The van der Waals surface area contributed by atoms with Crippen molar-refractivity contribution in [2.24, 2.45) is 5.92 Å². The summed E-state index contributed by atoms with van der Waals surface area (Å²) in [6, 6.07) is -0.0650. The number of hydrogen-bond donors (Lipinski definition) is 4. The molecule has 4 N–H and O–H groups in total. The summed E-state index contributed by atoms with van der Waals surface area (Å²) in [6.45, 7) is 4.24. The van der Waals surface area contributed by atoms with Crippen LogP contribution in [0.5, 0.6) is 0 Å². The molecule has 18 heavy (non-hydrogen) atoms. The quantitative estimate of drug-likeness (QED) is 0.466. The fourth-order valence-electron chi connectivity index (χ4n) is 1.74. The molecule has 1 heterocycles. The normalized spacial score (nSPS) is 26.6. The second-order valence-electron chi connectivity index (χ2n) is 4.60. The van der Waals surface area contributed by atoms with Crippen molar-refractivity contribution in [3.8, 4) is 0 Å². The number of carboxylic acid groups (broad SMARTS) is 1. The monoisotopic (exact) mass is 260 g/mol. The van der Waals surface area contributed by atoms with Gasteiger partial charge in [-0.1, -0.05) is 6.92 Å². The summed E-state index contributed by atoms with van der Waals surface area (Å²) in [5.74, 6) is -2.02. The van der Waals surface area contributed by atoms with E-state index >= 15 is 0 Å². The summed E-state index contributed by atoms with van der Waals surface area (Å²) in [5, 5.41) is 23.8. The topological polar surface area (TPSA) is 108 Å². The Morgan fingerprint density at radius 1 is 1.44 bits per heavy atom. The Bertz CT molecular complexity index is 319. The van der Waals surface area contributed by atoms with E-state index in [2.05, 4.69) is 10.6 Å². The van der Waals surface area contributed by atoms with Crippen LogP contribution in [0.2, 0.25) is 0 Å². The second kappa shape index (κ2) is 6.12. The maximum Gasteiger partial charge on any atom is 0.337 e. The average molecular weight is 260 g/mol. The van der Waals surface area contributed by atoms with Crippen LogP contribution in [0.4, 0.5) is 0 Å². The number of ether oxygens (including phenoxy) is 1. The summed E-state index contributed by atoms with van der Waals surface area (Å²) < 4.78 is 5.22. The van der Waals surface area contributed by atoms with Crippen LogP contribution in [0.1, 0.15) is 13.8 Å². The first-order valence-electron chi connectivity index (χ1n) is 5.93. The van der Waals surface area contributed by atoms with Gasteiger partial charge in [0, 0.05) is 6.04 Å². The predicted molar refractivity (Wildman–Crippen MR) is 63.0 cm³/mol. The van der Waals surface area contributed by atoms with Crippen molar-refractivity contribution in [3.63, 3.8) is 0 Å². The Hall–Kier alpha value is -1.18. The first-order chi connectivity index (χ1) is 8.38. The molecule has 7 heteroatoms. The third-order valence-corrected chi connectivity index (χ3v) is 2.95. The van der Waals surface area contributed by atoms with Gasteiger partial charge in [-0.15, -0.1) is 0 Å². The number of rotatable bonds is 6. The standard InChI is InChI=1S/C11H20N2O5/c1-3-12-8-5-18-4-7(8)9(14)13-6-11(2,17)10(15)16/h7-8,12,17H,3-6H2,1-2H3,(H,13,14)(H,15,16). The summed E-state index contributed by atoms with van der Waals surface area (Å²) in [4.78, 5) is 22.5. The van der Waals surface area contributed by atoms with Crippen molar-refractivity contribution < 1.29 is 24.5 Å². The van der Waals surface area contributed by atoms with Crippen molar-refractivity contribution in [1.82, 2.24) is 10.6 Å². The second-order valence-corrected chi connectivity index (χ2v) is 4.60. The van der Waals surface area contributed by atoms with Gasteiger partial charge in [0.05, 0.1) is 25.7 Å². The number of aliphatic carboxylic acids is 1. The SMILES string of the molecule is CCNC1COCC1C(=O)NCC(C)(O)C(=O)O. The van der Waals surface area contributed by atoms with Crippen molar-refractivity contribution in [1.29, 1.82) is 0 Å². The molecule has 1 saturated heterocycles. The molecule has 3 atom stereocenters. The molecule has 0 saturated carbocycles. The highest BCUT2D eigenvalue weighted by Crippen LogP contribution is 2.14. The smallest absolute Gasteiger partial charge is 0.337 e. The summed E-state index contributed by atoms with van der Waals surface area (Å²) in [6.07, 6.45) is 0. The van der Waals surface area contributed by atoms with E-state index in [1.807, 2.05) is 6.92 Å². The molecule has 1 amide bonds. The van der Waals surface area contributed by atoms with E-state index in [4.69, 9.17) is 9.84 Å². The Labute approximate surface area is 106 Å². The molecule has 1 aliphatic heterocycles. The van der Waals surface area contributed by atoms with Crippen LogP contribution in [-0.4, -0.2) is 60.0 Å². The Balaban J connectivity index is 2.48. The number of amides is 1. The van der Waals surface area contributed by atoms with Crippen LogP contribution in [0, 0.1) is 5.92 Å². The number of hydrogen-bond acceptors (Lipinski definition) is 5. The number of carbonyl (C=O) groups is 2. The van der Waals surface area contributed by atoms with Crippen molar-refractivity contribution in [2.75, 3.05) is 26.3 Å². The highest BCUT2D eigenvalue weighted by atomic mass is 16.5. The molecule has 1 aliphatic rings. The minimum Gasteiger partial charge on any atom is -0.479 e. The zero-order valence-corrected chi connectivity index (χ0v) is 10.6. The van der Waals surface area contributed by atoms with Gasteiger partial charge in [0.25, 0.3) is 0 Å². The molecule has 0 radical (unpaired) electrons. The molecule has 104 valence electrons. The van der Waals surface area contributed by atoms with Crippen molar-refractivity contribution in [2.45, 2.75) is 25.5 Å². The molecule has 0 spiro atoms. The van der Waals surface area contributed by atoms with Crippen LogP contribution in [0.25, 0.3) is 0 Å². The largest absolute Gasteiger partial charge is 0.479 e. The fraction of sp³-hybridized carbons (Fsp3) is 0.818. The van der Waals surface area contributed by atoms with Gasteiger partial charge in [-0.3, -0.25) is 4.79 Å². The van der Waals surface area contributed by atoms with Gasteiger partial charge in [-0.2, -0.15) is 0 Å². The molecular formula is C11H20N2O5. The number of nitrogens with one attached hydrogen (secondary N) is 2. The Morgan fingerprint density at radius 2 is 2.11 bits per heavy atom. The zero-order valence-electron chi connectivity index (χ0n) is 10.6. The lowest BCUT2D eigenvalue weighted by molar-refractivity contribution is -0.156. The van der Waals surface area contributed by atoms with Gasteiger partial charge >= 0.3 is 5.97 Å². The lowest BCUT2D eigenvalue weighted by Crippen LogP contribution is -2.50. The Kier molecular flexibility index (Phi) is 5.06. The van der Waals surface area contributed by atoms with E-state index in [9.17, 15) is 14.7 Å². The van der Waals surface area contributed by atoms with E-state index < -0.39 is 11.6 Å². The number of likely N-dealkylation sites (N-methyl/N-ethyl adjacent to an activating group) is 1. The van der Waals surface area contributed by atoms with Crippen LogP contribution in [0.15, 0.2) is 0 Å². The first kappa shape index (κ1) is 14.9. The van der Waals surface area contributed by atoms with Gasteiger partial charge in [0.2, 0.25) is 5.91 Å². The van der Waals surface area contributed by atoms with Crippen molar-refractivity contribution >= 4 is 11.9 Å². The molecule has 0 bridgehead atoms. The zero-order chi connectivity index (χ0) is 13.8. The van der Waals surface area contributed by atoms with Crippen LogP contribution < -0.4 is 10.6 Å². The molecule has 0 aliphatic carbocycles. The minimum absolute atomic E-state index is 0.0650. The van der Waals surface area contributed by atoms with Crippen LogP contribution >= 0.6 is 0 Å². The minimum atomic E-state index is -1.96. The van der Waals surface area contributed by atoms with Gasteiger partial charge in [0.15, 0.2) is 5.60 Å². The van der Waals surface area contributed by atoms with Crippen molar-refractivity contribution in [3.05, 3.63) is 0 Å². The van der Waals surface area contributed by atoms with E-state index in [1.165, 1.54) is 0 Å². The molecule has 0 aromatic rings. The van der Waals surface area contributed by atoms with Crippen LogP contribution in [-0.2, 0) is 14.3 Å². The van der Waals surface area contributed by atoms with Gasteiger partial charge in [-0.05, 0) is 13.5 Å². The summed E-state index contributed by atoms with van der Waals surface area (Å²) >= 11 is 0. The van der Waals surface area contributed by atoms with E-state index in [0.717, 1.165) is 13.5 Å². The molecule has 3 unspecified atom stereocenters. The van der Waals surface area contributed by atoms with E-state index in [-0.39, 0.29) is 24.4 Å². The van der Waals surface area contributed by atoms with E-state index in [0.29, 0.717) is 13.2 Å². The third-order valence-electron chi connectivity index (χ3n) is 2.95. The maximum absolute atomic E-state index is 11.9. The average Bonchev–Trinajstić information content (AvgIpc) is 2.74. The van der Waals surface area contributed by atoms with E-state index in [1.54, 1.807) is 0 Å². The molecule has 7 nitrogen and oxygen atoms in total. The summed E-state index contributed by atoms with van der Waals surface area (Å²) in [7, 11) is 0. The summed E-state index contributed by atoms with van der Waals surface area (Å²) in [5.41, 5.74) is -1.96. The molecule has 1 rings (SSSR count). The third kappa shape index (κ3) is 3.66. The first-order valence-corrected chi connectivity index (χ1v) is 5.93. The molecule has 0 aromatic carbocycles. The Morgan fingerprint density at radius 3 is 2.67 bits per heavy atom. The lowest BCUT2D eigenvalue weighted by Gasteiger charge is -2.22. The number of aliphatic hydroxyl groups is 1. The predicted octanol–water partition coefficient (Wildman–Crippen LogP) is -1.44. The van der Waals surface area contributed by atoms with Gasteiger partial charge < -0.3 is 25.6 Å². The highest BCUT2D eigenvalue weighted by Gasteiger charge is 2.36. The van der Waals surface area contributed by atoms with Gasteiger partial charge in [0.1, 0.15) is 0 Å². The number of carbonyl (C=O) groups excluding carboxylic acids is 1. The molecule has 0 aromatic heterocycles. The molecule has 1 fully saturated rings. The lowest BCUT2D eigenvalue weighted by atomic mass is 10.0. The maximum atomic E-state index is 11.9. The molecular weight excluding hydrogens is 240 g/mol.